The van der Waals surface area contributed by atoms with Crippen LogP contribution in [-0.2, 0) is 18.4 Å². The fourth-order valence-electron chi connectivity index (χ4n) is 4.12. The molecule has 0 radical (unpaired) electrons. The van der Waals surface area contributed by atoms with Gasteiger partial charge in [0.25, 0.3) is 5.91 Å². The lowest BCUT2D eigenvalue weighted by molar-refractivity contribution is -0.128. The predicted molar refractivity (Wildman–Crippen MR) is 152 cm³/mol. The summed E-state index contributed by atoms with van der Waals surface area (Å²) in [5.41, 5.74) is 4.70. The number of anilines is 3. The van der Waals surface area contributed by atoms with Crippen LogP contribution in [-0.4, -0.2) is 26.5 Å². The van der Waals surface area contributed by atoms with Crippen LogP contribution in [0.15, 0.2) is 42.5 Å². The van der Waals surface area contributed by atoms with Crippen molar-refractivity contribution in [3.05, 3.63) is 75.6 Å². The smallest absolute Gasteiger partial charge is 0.259 e. The second-order valence-electron chi connectivity index (χ2n) is 10.5. The largest absolute Gasteiger partial charge is 0.507 e. The highest BCUT2D eigenvalue weighted by Gasteiger charge is 2.22. The van der Waals surface area contributed by atoms with Crippen molar-refractivity contribution >= 4 is 51.8 Å². The number of nitrogens with zero attached hydrogens (tertiary/aromatic N) is 2. The van der Waals surface area contributed by atoms with Crippen LogP contribution in [0.25, 0.3) is 11.0 Å². The number of rotatable bonds is 6. The van der Waals surface area contributed by atoms with E-state index in [1.807, 2.05) is 46.8 Å². The third-order valence-electron chi connectivity index (χ3n) is 6.56. The van der Waals surface area contributed by atoms with Gasteiger partial charge in [0.2, 0.25) is 11.9 Å². The molecule has 0 aliphatic carbocycles. The number of halogens is 2. The van der Waals surface area contributed by atoms with Gasteiger partial charge in [-0.15, -0.1) is 0 Å². The maximum Gasteiger partial charge on any atom is 0.259 e. The van der Waals surface area contributed by atoms with Crippen molar-refractivity contribution in [3.63, 3.8) is 0 Å². The number of amides is 2. The Bertz CT molecular complexity index is 1610. The summed E-state index contributed by atoms with van der Waals surface area (Å²) in [6.45, 7) is 9.96. The van der Waals surface area contributed by atoms with Crippen molar-refractivity contribution in [1.82, 2.24) is 14.9 Å². The van der Waals surface area contributed by atoms with Gasteiger partial charge in [0.15, 0.2) is 0 Å². The minimum atomic E-state index is -0.599. The maximum atomic E-state index is 13.5. The van der Waals surface area contributed by atoms with Gasteiger partial charge in [-0.05, 0) is 54.8 Å². The number of hydrogen-bond acceptors (Lipinski definition) is 5. The number of carbonyl (C=O) groups excluding carboxylic acids is 2. The van der Waals surface area contributed by atoms with Gasteiger partial charge in [-0.1, -0.05) is 44.5 Å². The molecule has 0 fully saturated rings. The van der Waals surface area contributed by atoms with Crippen molar-refractivity contribution in [3.8, 4) is 5.75 Å². The number of imidazole rings is 1. The highest BCUT2D eigenvalue weighted by molar-refractivity contribution is 6.31. The number of benzene rings is 3. The fourth-order valence-corrected chi connectivity index (χ4v) is 4.30. The van der Waals surface area contributed by atoms with Crippen LogP contribution in [0, 0.1) is 25.1 Å². The molecule has 2 amide bonds. The second-order valence-corrected chi connectivity index (χ2v) is 10.9. The Morgan fingerprint density at radius 2 is 1.82 bits per heavy atom. The van der Waals surface area contributed by atoms with Gasteiger partial charge in [-0.25, -0.2) is 9.37 Å². The molecule has 10 heteroatoms. The van der Waals surface area contributed by atoms with Crippen LogP contribution in [0.5, 0.6) is 5.75 Å². The number of carbonyl (C=O) groups is 2. The molecule has 0 saturated heterocycles. The number of nitrogens with one attached hydrogen (secondary N) is 3. The zero-order valence-corrected chi connectivity index (χ0v) is 23.4. The predicted octanol–water partition coefficient (Wildman–Crippen LogP) is 6.35. The summed E-state index contributed by atoms with van der Waals surface area (Å²) in [4.78, 5) is 29.9. The Kier molecular flexibility index (Phi) is 7.57. The van der Waals surface area contributed by atoms with Crippen LogP contribution in [0.2, 0.25) is 5.02 Å². The minimum Gasteiger partial charge on any atom is -0.507 e. The molecule has 0 aliphatic heterocycles. The number of aromatic hydroxyl groups is 1. The number of phenolic OH excluding ortho intramolecular Hbond substituents is 1. The van der Waals surface area contributed by atoms with Crippen LogP contribution < -0.4 is 16.0 Å². The second kappa shape index (κ2) is 10.6. The zero-order chi connectivity index (χ0) is 28.6. The van der Waals surface area contributed by atoms with Crippen molar-refractivity contribution < 1.29 is 19.1 Å². The average molecular weight is 552 g/mol. The molecule has 1 heterocycles. The Morgan fingerprint density at radius 1 is 1.10 bits per heavy atom. The van der Waals surface area contributed by atoms with Crippen LogP contribution in [0.4, 0.5) is 21.7 Å². The van der Waals surface area contributed by atoms with Crippen LogP contribution in [0.1, 0.15) is 47.8 Å². The zero-order valence-electron chi connectivity index (χ0n) is 22.7. The topological polar surface area (TPSA) is 108 Å². The number of hydrogen-bond donors (Lipinski definition) is 4. The molecular weight excluding hydrogens is 521 g/mol. The van der Waals surface area contributed by atoms with Crippen LogP contribution in [0.3, 0.4) is 0 Å². The van der Waals surface area contributed by atoms with Crippen molar-refractivity contribution in [2.24, 2.45) is 12.5 Å². The summed E-state index contributed by atoms with van der Waals surface area (Å²) in [5, 5.41) is 19.5. The van der Waals surface area contributed by atoms with Crippen molar-refractivity contribution in [1.29, 1.82) is 0 Å². The van der Waals surface area contributed by atoms with E-state index in [9.17, 15) is 19.1 Å². The number of aryl methyl sites for hydroxylation is 2. The molecule has 4 aromatic rings. The van der Waals surface area contributed by atoms with E-state index < -0.39 is 17.1 Å². The van der Waals surface area contributed by atoms with E-state index in [2.05, 4.69) is 20.9 Å². The molecular formula is C29H31ClFN5O3. The normalized spacial score (nSPS) is 11.5. The van der Waals surface area contributed by atoms with Crippen LogP contribution >= 0.6 is 11.6 Å². The quantitative estimate of drug-likeness (QED) is 0.223. The molecule has 0 saturated carbocycles. The number of phenols is 1. The van der Waals surface area contributed by atoms with Crippen molar-refractivity contribution in [2.75, 3.05) is 10.6 Å². The summed E-state index contributed by atoms with van der Waals surface area (Å²) in [6, 6.07) is 10.8. The highest BCUT2D eigenvalue weighted by atomic mass is 35.5. The summed E-state index contributed by atoms with van der Waals surface area (Å²) in [7, 11) is 1.80. The Balaban J connectivity index is 1.61. The molecule has 0 aliphatic rings. The lowest BCUT2D eigenvalue weighted by Gasteiger charge is -2.20. The fraction of sp³-hybridized carbons (Fsp3) is 0.276. The minimum absolute atomic E-state index is 0.0107. The Labute approximate surface area is 231 Å². The van der Waals surface area contributed by atoms with Gasteiger partial charge in [0, 0.05) is 36.4 Å². The molecule has 1 aromatic heterocycles. The molecule has 0 bridgehead atoms. The standard InChI is InChI=1S/C29H31ClFN5O3/c1-15-7-8-17(14-32-27(39)29(3,4)5)16(2)25(15)35-28-34-22-12-19(24(37)13-23(22)36(28)6)26(38)33-18-9-10-21(31)20(30)11-18/h7-13,37H,14H2,1-6H3,(H,32,39)(H,33,38)(H,34,35). The average Bonchev–Trinajstić information content (AvgIpc) is 3.16. The summed E-state index contributed by atoms with van der Waals surface area (Å²) in [6.07, 6.45) is 0. The van der Waals surface area contributed by atoms with Gasteiger partial charge in [-0.3, -0.25) is 9.59 Å². The van der Waals surface area contributed by atoms with Gasteiger partial charge in [0.1, 0.15) is 11.6 Å². The number of fused-ring (bicyclic) bond motifs is 1. The first kappa shape index (κ1) is 27.9. The van der Waals surface area contributed by atoms with E-state index in [1.165, 1.54) is 24.3 Å². The van der Waals surface area contributed by atoms with E-state index >= 15 is 0 Å². The molecule has 4 N–H and O–H groups in total. The maximum absolute atomic E-state index is 13.5. The van der Waals surface area contributed by atoms with E-state index in [0.29, 0.717) is 29.2 Å². The first-order chi connectivity index (χ1) is 18.3. The van der Waals surface area contributed by atoms with E-state index in [-0.39, 0.29) is 22.2 Å². The van der Waals surface area contributed by atoms with E-state index in [1.54, 1.807) is 11.6 Å². The number of aromatic nitrogens is 2. The summed E-state index contributed by atoms with van der Waals surface area (Å²) < 4.78 is 15.2. The Morgan fingerprint density at radius 3 is 2.49 bits per heavy atom. The van der Waals surface area contributed by atoms with Gasteiger partial charge >= 0.3 is 0 Å². The molecule has 0 spiro atoms. The summed E-state index contributed by atoms with van der Waals surface area (Å²) in [5.74, 6) is -0.942. The third-order valence-corrected chi connectivity index (χ3v) is 6.85. The first-order valence-corrected chi connectivity index (χ1v) is 12.7. The van der Waals surface area contributed by atoms with E-state index in [4.69, 9.17) is 11.6 Å². The SMILES string of the molecule is Cc1ccc(CNC(=O)C(C)(C)C)c(C)c1Nc1nc2cc(C(=O)Nc3ccc(F)c(Cl)c3)c(O)cc2n1C. The lowest BCUT2D eigenvalue weighted by atomic mass is 9.95. The molecule has 0 atom stereocenters. The third kappa shape index (κ3) is 5.83. The molecule has 204 valence electrons. The lowest BCUT2D eigenvalue weighted by Crippen LogP contribution is -2.34. The molecule has 4 rings (SSSR count). The van der Waals surface area contributed by atoms with Gasteiger partial charge in [-0.2, -0.15) is 0 Å². The molecule has 39 heavy (non-hydrogen) atoms. The Hall–Kier alpha value is -4.11. The summed E-state index contributed by atoms with van der Waals surface area (Å²) >= 11 is 5.81. The highest BCUT2D eigenvalue weighted by Crippen LogP contribution is 2.32. The monoisotopic (exact) mass is 551 g/mol. The first-order valence-electron chi connectivity index (χ1n) is 12.4. The van der Waals surface area contributed by atoms with E-state index in [0.717, 1.165) is 28.4 Å². The van der Waals surface area contributed by atoms with Crippen molar-refractivity contribution in [2.45, 2.75) is 41.2 Å². The molecule has 8 nitrogen and oxygen atoms in total. The molecule has 3 aromatic carbocycles. The molecule has 0 unspecified atom stereocenters. The van der Waals surface area contributed by atoms with Gasteiger partial charge < -0.3 is 25.6 Å². The van der Waals surface area contributed by atoms with Gasteiger partial charge in [0.05, 0.1) is 21.6 Å².